The molecule has 0 fully saturated rings. The fourth-order valence-electron chi connectivity index (χ4n) is 1.24. The summed E-state index contributed by atoms with van der Waals surface area (Å²) < 4.78 is 18.5. The Morgan fingerprint density at radius 3 is 2.94 bits per heavy atom. The van der Waals surface area contributed by atoms with E-state index >= 15 is 0 Å². The first-order valence-electron chi connectivity index (χ1n) is 5.71. The van der Waals surface area contributed by atoms with Gasteiger partial charge < -0.3 is 15.0 Å². The van der Waals surface area contributed by atoms with Crippen LogP contribution in [0.2, 0.25) is 0 Å². The molecule has 0 aliphatic rings. The van der Waals surface area contributed by atoms with Gasteiger partial charge in [0.15, 0.2) is 5.82 Å². The number of rotatable bonds is 7. The Morgan fingerprint density at radius 1 is 1.50 bits per heavy atom. The number of ether oxygens (including phenoxy) is 1. The van der Waals surface area contributed by atoms with Gasteiger partial charge in [-0.05, 0) is 20.2 Å². The Hall–Kier alpha value is -1.53. The minimum absolute atomic E-state index is 0.00158. The van der Waals surface area contributed by atoms with E-state index in [0.29, 0.717) is 19.8 Å². The fourth-order valence-corrected chi connectivity index (χ4v) is 1.24. The molecule has 0 radical (unpaired) electrons. The largest absolute Gasteiger partial charge is 0.378 e. The number of likely N-dealkylation sites (N-methyl/N-ethyl adjacent to an activating group) is 1. The monoisotopic (exact) mass is 255 g/mol. The van der Waals surface area contributed by atoms with Crippen molar-refractivity contribution < 1.29 is 13.9 Å². The summed E-state index contributed by atoms with van der Waals surface area (Å²) in [5.74, 6) is -1.07. The molecule has 18 heavy (non-hydrogen) atoms. The van der Waals surface area contributed by atoms with Crippen LogP contribution >= 0.6 is 0 Å². The number of hydrogen-bond donors (Lipinski definition) is 1. The molecule has 0 saturated carbocycles. The molecule has 1 amide bonds. The Balaban J connectivity index is 2.20. The summed E-state index contributed by atoms with van der Waals surface area (Å²) in [6.07, 6.45) is 2.40. The highest BCUT2D eigenvalue weighted by Gasteiger charge is 2.09. The molecule has 0 saturated heterocycles. The lowest BCUT2D eigenvalue weighted by Crippen LogP contribution is -2.29. The summed E-state index contributed by atoms with van der Waals surface area (Å²) in [5, 5.41) is 2.58. The van der Waals surface area contributed by atoms with Crippen LogP contribution in [-0.2, 0) is 4.74 Å². The van der Waals surface area contributed by atoms with Crippen molar-refractivity contribution in [3.8, 4) is 0 Å². The highest BCUT2D eigenvalue weighted by Crippen LogP contribution is 2.03. The van der Waals surface area contributed by atoms with Gasteiger partial charge in [0.05, 0.1) is 25.0 Å². The Morgan fingerprint density at radius 2 is 2.28 bits per heavy atom. The summed E-state index contributed by atoms with van der Waals surface area (Å²) in [6.45, 7) is 2.19. The van der Waals surface area contributed by atoms with Crippen LogP contribution in [0.15, 0.2) is 18.5 Å². The molecule has 5 nitrogen and oxygen atoms in total. The SMILES string of the molecule is CN(C)CCOCCNC(=O)c1ccncc1F. The lowest BCUT2D eigenvalue weighted by molar-refractivity contribution is 0.0896. The van der Waals surface area contributed by atoms with E-state index in [4.69, 9.17) is 4.74 Å². The van der Waals surface area contributed by atoms with Crippen molar-refractivity contribution in [2.24, 2.45) is 0 Å². The van der Waals surface area contributed by atoms with Gasteiger partial charge in [0, 0.05) is 19.3 Å². The minimum Gasteiger partial charge on any atom is -0.378 e. The van der Waals surface area contributed by atoms with Gasteiger partial charge in [-0.25, -0.2) is 4.39 Å². The Kier molecular flexibility index (Phi) is 6.24. The van der Waals surface area contributed by atoms with E-state index in [1.54, 1.807) is 0 Å². The second kappa shape index (κ2) is 7.73. The van der Waals surface area contributed by atoms with Crippen molar-refractivity contribution in [3.63, 3.8) is 0 Å². The number of carbonyl (C=O) groups excluding carboxylic acids is 1. The molecule has 0 aromatic carbocycles. The normalized spacial score (nSPS) is 10.7. The van der Waals surface area contributed by atoms with E-state index in [1.807, 2.05) is 19.0 Å². The standard InChI is InChI=1S/C12H18FN3O2/c1-16(2)6-8-18-7-5-15-12(17)10-3-4-14-9-11(10)13/h3-4,9H,5-8H2,1-2H3,(H,15,17). The Bertz CT molecular complexity index is 385. The van der Waals surface area contributed by atoms with E-state index in [0.717, 1.165) is 12.7 Å². The first kappa shape index (κ1) is 14.5. The third kappa shape index (κ3) is 5.20. The van der Waals surface area contributed by atoms with E-state index in [2.05, 4.69) is 10.3 Å². The van der Waals surface area contributed by atoms with Crippen LogP contribution in [0.5, 0.6) is 0 Å². The molecule has 6 heteroatoms. The first-order valence-corrected chi connectivity index (χ1v) is 5.71. The maximum atomic E-state index is 13.2. The molecule has 0 aliphatic heterocycles. The van der Waals surface area contributed by atoms with Crippen molar-refractivity contribution in [2.75, 3.05) is 40.4 Å². The molecule has 100 valence electrons. The number of halogens is 1. The molecule has 1 aromatic heterocycles. The zero-order valence-electron chi connectivity index (χ0n) is 10.6. The summed E-state index contributed by atoms with van der Waals surface area (Å²) in [5.41, 5.74) is -0.00158. The van der Waals surface area contributed by atoms with Crippen LogP contribution in [0.4, 0.5) is 4.39 Å². The second-order valence-corrected chi connectivity index (χ2v) is 4.03. The van der Waals surface area contributed by atoms with Gasteiger partial charge in [0.1, 0.15) is 0 Å². The van der Waals surface area contributed by atoms with Crippen molar-refractivity contribution in [2.45, 2.75) is 0 Å². The van der Waals surface area contributed by atoms with Crippen LogP contribution < -0.4 is 5.32 Å². The van der Waals surface area contributed by atoms with Gasteiger partial charge in [0.25, 0.3) is 5.91 Å². The molecule has 1 heterocycles. The maximum absolute atomic E-state index is 13.2. The number of nitrogens with one attached hydrogen (secondary N) is 1. The first-order chi connectivity index (χ1) is 8.61. The molecule has 0 unspecified atom stereocenters. The third-order valence-electron chi connectivity index (χ3n) is 2.23. The molecule has 0 spiro atoms. The smallest absolute Gasteiger partial charge is 0.254 e. The zero-order valence-corrected chi connectivity index (χ0v) is 10.6. The van der Waals surface area contributed by atoms with E-state index in [1.165, 1.54) is 12.3 Å². The van der Waals surface area contributed by atoms with E-state index in [9.17, 15) is 9.18 Å². The van der Waals surface area contributed by atoms with Gasteiger partial charge in [-0.3, -0.25) is 9.78 Å². The average molecular weight is 255 g/mol. The van der Waals surface area contributed by atoms with Gasteiger partial charge >= 0.3 is 0 Å². The number of amides is 1. The van der Waals surface area contributed by atoms with Crippen LogP contribution in [0, 0.1) is 5.82 Å². The molecular weight excluding hydrogens is 237 g/mol. The number of aromatic nitrogens is 1. The van der Waals surface area contributed by atoms with E-state index in [-0.39, 0.29) is 5.56 Å². The lowest BCUT2D eigenvalue weighted by Gasteiger charge is -2.10. The Labute approximate surface area is 106 Å². The maximum Gasteiger partial charge on any atom is 0.254 e. The third-order valence-corrected chi connectivity index (χ3v) is 2.23. The molecule has 1 rings (SSSR count). The minimum atomic E-state index is -0.622. The molecule has 1 N–H and O–H groups in total. The quantitative estimate of drug-likeness (QED) is 0.722. The van der Waals surface area contributed by atoms with Crippen LogP contribution in [0.3, 0.4) is 0 Å². The average Bonchev–Trinajstić information content (AvgIpc) is 2.33. The predicted octanol–water partition coefficient (Wildman–Crippen LogP) is 0.529. The van der Waals surface area contributed by atoms with Crippen LogP contribution in [0.25, 0.3) is 0 Å². The van der Waals surface area contributed by atoms with Crippen LogP contribution in [0.1, 0.15) is 10.4 Å². The van der Waals surface area contributed by atoms with Gasteiger partial charge in [-0.2, -0.15) is 0 Å². The number of hydrogen-bond acceptors (Lipinski definition) is 4. The summed E-state index contributed by atoms with van der Waals surface area (Å²) in [7, 11) is 3.91. The summed E-state index contributed by atoms with van der Waals surface area (Å²) >= 11 is 0. The van der Waals surface area contributed by atoms with E-state index < -0.39 is 11.7 Å². The van der Waals surface area contributed by atoms with Gasteiger partial charge in [0.2, 0.25) is 0 Å². The predicted molar refractivity (Wildman–Crippen MR) is 65.9 cm³/mol. The summed E-state index contributed by atoms with van der Waals surface area (Å²) in [6, 6.07) is 1.34. The van der Waals surface area contributed by atoms with Gasteiger partial charge in [-0.1, -0.05) is 0 Å². The molecule has 1 aromatic rings. The van der Waals surface area contributed by atoms with Crippen molar-refractivity contribution in [1.29, 1.82) is 0 Å². The van der Waals surface area contributed by atoms with Crippen LogP contribution in [-0.4, -0.2) is 56.2 Å². The van der Waals surface area contributed by atoms with Crippen molar-refractivity contribution in [1.82, 2.24) is 15.2 Å². The topological polar surface area (TPSA) is 54.5 Å². The highest BCUT2D eigenvalue weighted by atomic mass is 19.1. The van der Waals surface area contributed by atoms with Crippen molar-refractivity contribution >= 4 is 5.91 Å². The van der Waals surface area contributed by atoms with Gasteiger partial charge in [-0.15, -0.1) is 0 Å². The fraction of sp³-hybridized carbons (Fsp3) is 0.500. The molecule has 0 atom stereocenters. The number of nitrogens with zero attached hydrogens (tertiary/aromatic N) is 2. The van der Waals surface area contributed by atoms with Crippen molar-refractivity contribution in [3.05, 3.63) is 29.8 Å². The number of carbonyl (C=O) groups is 1. The number of pyridine rings is 1. The molecule has 0 bridgehead atoms. The zero-order chi connectivity index (χ0) is 13.4. The highest BCUT2D eigenvalue weighted by molar-refractivity contribution is 5.94. The molecular formula is C12H18FN3O2. The lowest BCUT2D eigenvalue weighted by atomic mass is 10.2. The molecule has 0 aliphatic carbocycles. The summed E-state index contributed by atoms with van der Waals surface area (Å²) in [4.78, 5) is 17.1. The second-order valence-electron chi connectivity index (χ2n) is 4.03.